The summed E-state index contributed by atoms with van der Waals surface area (Å²) in [5, 5.41) is 7.56. The molecule has 2 nitrogen and oxygen atoms in total. The molecule has 1 heterocycles. The number of thiazole rings is 1. The van der Waals surface area contributed by atoms with Gasteiger partial charge in [0.15, 0.2) is 0 Å². The van der Waals surface area contributed by atoms with Crippen LogP contribution in [0.1, 0.15) is 38.4 Å². The zero-order valence-electron chi connectivity index (χ0n) is 10.6. The van der Waals surface area contributed by atoms with Gasteiger partial charge in [-0.25, -0.2) is 4.98 Å². The van der Waals surface area contributed by atoms with Crippen LogP contribution in [0.15, 0.2) is 5.38 Å². The molecule has 4 heteroatoms. The van der Waals surface area contributed by atoms with Gasteiger partial charge in [0.1, 0.15) is 5.01 Å². The molecule has 0 radical (unpaired) electrons. The number of aromatic nitrogens is 1. The van der Waals surface area contributed by atoms with Crippen LogP contribution in [0, 0.1) is 0 Å². The van der Waals surface area contributed by atoms with Gasteiger partial charge in [-0.2, -0.15) is 11.8 Å². The maximum atomic E-state index is 4.64. The fourth-order valence-electron chi connectivity index (χ4n) is 1.26. The van der Waals surface area contributed by atoms with Crippen molar-refractivity contribution < 1.29 is 0 Å². The van der Waals surface area contributed by atoms with Crippen molar-refractivity contribution in [2.45, 2.75) is 51.2 Å². The Kier molecular flexibility index (Phi) is 6.39. The first kappa shape index (κ1) is 14.0. The van der Waals surface area contributed by atoms with Gasteiger partial charge in [-0.15, -0.1) is 11.3 Å². The predicted molar refractivity (Wildman–Crippen MR) is 75.4 cm³/mol. The van der Waals surface area contributed by atoms with Crippen LogP contribution in [0.2, 0.25) is 0 Å². The molecule has 0 fully saturated rings. The average molecular weight is 258 g/mol. The maximum absolute atomic E-state index is 4.64. The summed E-state index contributed by atoms with van der Waals surface area (Å²) in [6, 6.07) is 0.564. The van der Waals surface area contributed by atoms with Gasteiger partial charge < -0.3 is 5.32 Å². The third-order valence-corrected chi connectivity index (χ3v) is 4.26. The number of hydrogen-bond acceptors (Lipinski definition) is 4. The van der Waals surface area contributed by atoms with E-state index in [9.17, 15) is 0 Å². The minimum absolute atomic E-state index is 0.564. The normalized spacial score (nSPS) is 11.6. The van der Waals surface area contributed by atoms with E-state index in [1.54, 1.807) is 11.3 Å². The quantitative estimate of drug-likeness (QED) is 0.812. The molecule has 0 saturated heterocycles. The number of thioether (sulfide) groups is 1. The smallest absolute Gasteiger partial charge is 0.103 e. The third kappa shape index (κ3) is 5.87. The van der Waals surface area contributed by atoms with Crippen molar-refractivity contribution in [3.63, 3.8) is 0 Å². The van der Waals surface area contributed by atoms with Gasteiger partial charge in [-0.3, -0.25) is 0 Å². The zero-order chi connectivity index (χ0) is 12.0. The van der Waals surface area contributed by atoms with Crippen LogP contribution in [-0.2, 0) is 12.2 Å². The molecule has 1 aromatic rings. The number of rotatable bonds is 7. The second-order valence-corrected chi connectivity index (χ2v) is 6.96. The van der Waals surface area contributed by atoms with Crippen molar-refractivity contribution in [1.82, 2.24) is 10.3 Å². The molecule has 0 saturated carbocycles. The largest absolute Gasteiger partial charge is 0.314 e. The summed E-state index contributed by atoms with van der Waals surface area (Å²) >= 11 is 3.75. The minimum Gasteiger partial charge on any atom is -0.314 e. The van der Waals surface area contributed by atoms with Crippen LogP contribution in [0.25, 0.3) is 0 Å². The molecule has 92 valence electrons. The Balaban J connectivity index is 2.28. The van der Waals surface area contributed by atoms with E-state index in [4.69, 9.17) is 0 Å². The van der Waals surface area contributed by atoms with Crippen molar-refractivity contribution in [3.8, 4) is 0 Å². The summed E-state index contributed by atoms with van der Waals surface area (Å²) in [6.07, 6.45) is 1.04. The number of hydrogen-bond donors (Lipinski definition) is 1. The second-order valence-electron chi connectivity index (χ2n) is 4.45. The summed E-state index contributed by atoms with van der Waals surface area (Å²) in [5.74, 6) is 1.06. The maximum Gasteiger partial charge on any atom is 0.103 e. The van der Waals surface area contributed by atoms with Crippen LogP contribution in [0.5, 0.6) is 0 Å². The van der Waals surface area contributed by atoms with Crippen molar-refractivity contribution in [2.24, 2.45) is 0 Å². The SMILES string of the molecule is CC(C)NCCc1csc(CSC(C)C)n1. The summed E-state index contributed by atoms with van der Waals surface area (Å²) in [7, 11) is 0. The van der Waals surface area contributed by atoms with E-state index in [-0.39, 0.29) is 0 Å². The highest BCUT2D eigenvalue weighted by Crippen LogP contribution is 2.20. The summed E-state index contributed by atoms with van der Waals surface area (Å²) in [5.41, 5.74) is 1.23. The molecule has 0 aliphatic carbocycles. The Morgan fingerprint density at radius 1 is 1.38 bits per heavy atom. The lowest BCUT2D eigenvalue weighted by atomic mass is 10.3. The molecule has 0 spiro atoms. The molecule has 0 amide bonds. The van der Waals surface area contributed by atoms with Gasteiger partial charge in [0.25, 0.3) is 0 Å². The Morgan fingerprint density at radius 2 is 2.12 bits per heavy atom. The monoisotopic (exact) mass is 258 g/mol. The van der Waals surface area contributed by atoms with E-state index in [0.29, 0.717) is 11.3 Å². The molecule has 1 N–H and O–H groups in total. The molecular weight excluding hydrogens is 236 g/mol. The Morgan fingerprint density at radius 3 is 2.75 bits per heavy atom. The first-order chi connectivity index (χ1) is 7.58. The van der Waals surface area contributed by atoms with Gasteiger partial charge in [0.05, 0.1) is 5.69 Å². The van der Waals surface area contributed by atoms with Crippen LogP contribution >= 0.6 is 23.1 Å². The lowest BCUT2D eigenvalue weighted by molar-refractivity contribution is 0.587. The van der Waals surface area contributed by atoms with Crippen molar-refractivity contribution in [2.75, 3.05) is 6.54 Å². The molecule has 1 aromatic heterocycles. The Hall–Kier alpha value is -0.0600. The first-order valence-electron chi connectivity index (χ1n) is 5.86. The minimum atomic E-state index is 0.564. The van der Waals surface area contributed by atoms with Crippen LogP contribution in [0.3, 0.4) is 0 Å². The van der Waals surface area contributed by atoms with Gasteiger partial charge in [0, 0.05) is 30.1 Å². The Bertz CT molecular complexity index is 295. The number of nitrogens with zero attached hydrogens (tertiary/aromatic N) is 1. The van der Waals surface area contributed by atoms with Crippen molar-refractivity contribution in [3.05, 3.63) is 16.1 Å². The van der Waals surface area contributed by atoms with Crippen molar-refractivity contribution in [1.29, 1.82) is 0 Å². The second kappa shape index (κ2) is 7.30. The van der Waals surface area contributed by atoms with E-state index in [1.807, 2.05) is 11.8 Å². The summed E-state index contributed by atoms with van der Waals surface area (Å²) in [6.45, 7) is 9.83. The highest BCUT2D eigenvalue weighted by molar-refractivity contribution is 7.99. The molecular formula is C12H22N2S2. The van der Waals surface area contributed by atoms with E-state index in [0.717, 1.165) is 18.7 Å². The molecule has 16 heavy (non-hydrogen) atoms. The molecule has 0 unspecified atom stereocenters. The highest BCUT2D eigenvalue weighted by atomic mass is 32.2. The molecule has 0 aliphatic heterocycles. The number of nitrogens with one attached hydrogen (secondary N) is 1. The van der Waals surface area contributed by atoms with Gasteiger partial charge in [-0.05, 0) is 5.25 Å². The van der Waals surface area contributed by atoms with Gasteiger partial charge in [-0.1, -0.05) is 27.7 Å². The third-order valence-electron chi connectivity index (χ3n) is 2.07. The lowest BCUT2D eigenvalue weighted by Crippen LogP contribution is -2.25. The average Bonchev–Trinajstić information content (AvgIpc) is 2.62. The Labute approximate surface area is 107 Å². The van der Waals surface area contributed by atoms with Crippen molar-refractivity contribution >= 4 is 23.1 Å². The predicted octanol–water partition coefficient (Wildman–Crippen LogP) is 3.33. The van der Waals surface area contributed by atoms with Gasteiger partial charge in [0.2, 0.25) is 0 Å². The summed E-state index contributed by atoms with van der Waals surface area (Å²) in [4.78, 5) is 4.64. The first-order valence-corrected chi connectivity index (χ1v) is 7.79. The van der Waals surface area contributed by atoms with E-state index < -0.39 is 0 Å². The van der Waals surface area contributed by atoms with E-state index in [2.05, 4.69) is 43.4 Å². The molecule has 1 rings (SSSR count). The van der Waals surface area contributed by atoms with Crippen LogP contribution < -0.4 is 5.32 Å². The van der Waals surface area contributed by atoms with E-state index >= 15 is 0 Å². The fraction of sp³-hybridized carbons (Fsp3) is 0.750. The zero-order valence-corrected chi connectivity index (χ0v) is 12.3. The molecule has 0 aliphatic rings. The van der Waals surface area contributed by atoms with Gasteiger partial charge >= 0.3 is 0 Å². The standard InChI is InChI=1S/C12H22N2S2/c1-9(2)13-6-5-11-7-16-12(14-11)8-15-10(3)4/h7,9-10,13H,5-6,8H2,1-4H3. The highest BCUT2D eigenvalue weighted by Gasteiger charge is 2.03. The topological polar surface area (TPSA) is 24.9 Å². The summed E-state index contributed by atoms with van der Waals surface area (Å²) < 4.78 is 0. The van der Waals surface area contributed by atoms with Crippen LogP contribution in [-0.4, -0.2) is 22.8 Å². The van der Waals surface area contributed by atoms with Crippen LogP contribution in [0.4, 0.5) is 0 Å². The molecule has 0 atom stereocenters. The molecule has 0 bridgehead atoms. The lowest BCUT2D eigenvalue weighted by Gasteiger charge is -2.05. The van der Waals surface area contributed by atoms with E-state index in [1.165, 1.54) is 10.7 Å². The molecule has 0 aromatic carbocycles. The fourth-order valence-corrected chi connectivity index (χ4v) is 2.89.